The summed E-state index contributed by atoms with van der Waals surface area (Å²) in [5.74, 6) is 0.876. The minimum absolute atomic E-state index is 0.876. The minimum atomic E-state index is 0.876. The van der Waals surface area contributed by atoms with Crippen molar-refractivity contribution in [1.82, 2.24) is 15.0 Å². The van der Waals surface area contributed by atoms with Crippen LogP contribution in [0, 0.1) is 13.8 Å². The number of thioether (sulfide) groups is 1. The van der Waals surface area contributed by atoms with Gasteiger partial charge in [-0.05, 0) is 19.9 Å². The SMILES string of the molecule is Cc1cc(SCc2csc(C)n2)ncn1. The van der Waals surface area contributed by atoms with Crippen LogP contribution in [0.3, 0.4) is 0 Å². The predicted molar refractivity (Wildman–Crippen MR) is 63.2 cm³/mol. The lowest BCUT2D eigenvalue weighted by molar-refractivity contribution is 1.00. The molecule has 5 heteroatoms. The lowest BCUT2D eigenvalue weighted by Crippen LogP contribution is -1.87. The molecule has 0 spiro atoms. The lowest BCUT2D eigenvalue weighted by Gasteiger charge is -1.98. The van der Waals surface area contributed by atoms with Crippen molar-refractivity contribution in [3.63, 3.8) is 0 Å². The highest BCUT2D eigenvalue weighted by atomic mass is 32.2. The molecule has 2 aromatic heterocycles. The van der Waals surface area contributed by atoms with E-state index in [4.69, 9.17) is 0 Å². The smallest absolute Gasteiger partial charge is 0.116 e. The topological polar surface area (TPSA) is 38.7 Å². The maximum atomic E-state index is 4.40. The molecule has 2 heterocycles. The van der Waals surface area contributed by atoms with Gasteiger partial charge in [0.15, 0.2) is 0 Å². The average Bonchev–Trinajstić information content (AvgIpc) is 2.62. The second-order valence-electron chi connectivity index (χ2n) is 3.14. The van der Waals surface area contributed by atoms with Crippen molar-refractivity contribution in [2.45, 2.75) is 24.6 Å². The summed E-state index contributed by atoms with van der Waals surface area (Å²) in [6.07, 6.45) is 1.60. The Morgan fingerprint density at radius 1 is 1.33 bits per heavy atom. The van der Waals surface area contributed by atoms with E-state index in [9.17, 15) is 0 Å². The number of aromatic nitrogens is 3. The Bertz CT molecular complexity index is 453. The van der Waals surface area contributed by atoms with Crippen molar-refractivity contribution < 1.29 is 0 Å². The Labute approximate surface area is 97.0 Å². The zero-order chi connectivity index (χ0) is 10.7. The summed E-state index contributed by atoms with van der Waals surface area (Å²) in [5.41, 5.74) is 2.13. The predicted octanol–water partition coefficient (Wildman–Crippen LogP) is 2.84. The molecule has 0 aliphatic carbocycles. The van der Waals surface area contributed by atoms with E-state index >= 15 is 0 Å². The summed E-state index contributed by atoms with van der Waals surface area (Å²) >= 11 is 3.38. The maximum Gasteiger partial charge on any atom is 0.116 e. The first kappa shape index (κ1) is 10.6. The standard InChI is InChI=1S/C10H11N3S2/c1-7-3-10(12-6-11-7)15-5-9-4-14-8(2)13-9/h3-4,6H,5H2,1-2H3. The summed E-state index contributed by atoms with van der Waals surface area (Å²) in [4.78, 5) is 12.7. The molecule has 3 nitrogen and oxygen atoms in total. The molecule has 0 saturated heterocycles. The van der Waals surface area contributed by atoms with Crippen LogP contribution < -0.4 is 0 Å². The van der Waals surface area contributed by atoms with Crippen LogP contribution in [0.1, 0.15) is 16.4 Å². The number of aryl methyl sites for hydroxylation is 2. The maximum absolute atomic E-state index is 4.40. The number of hydrogen-bond donors (Lipinski definition) is 0. The first-order valence-electron chi connectivity index (χ1n) is 4.56. The highest BCUT2D eigenvalue weighted by Gasteiger charge is 2.01. The molecule has 0 radical (unpaired) electrons. The van der Waals surface area contributed by atoms with Gasteiger partial charge < -0.3 is 0 Å². The van der Waals surface area contributed by atoms with Crippen molar-refractivity contribution in [2.75, 3.05) is 0 Å². The average molecular weight is 237 g/mol. The molecule has 15 heavy (non-hydrogen) atoms. The van der Waals surface area contributed by atoms with Crippen LogP contribution in [0.4, 0.5) is 0 Å². The summed E-state index contributed by atoms with van der Waals surface area (Å²) < 4.78 is 0. The van der Waals surface area contributed by atoms with E-state index in [0.29, 0.717) is 0 Å². The number of thiazole rings is 1. The number of rotatable bonds is 3. The van der Waals surface area contributed by atoms with Crippen LogP contribution >= 0.6 is 23.1 Å². The molecule has 0 unspecified atom stereocenters. The molecule has 0 N–H and O–H groups in total. The third-order valence-electron chi connectivity index (χ3n) is 1.81. The lowest BCUT2D eigenvalue weighted by atomic mass is 10.5. The van der Waals surface area contributed by atoms with Gasteiger partial charge in [-0.1, -0.05) is 11.8 Å². The third-order valence-corrected chi connectivity index (χ3v) is 3.59. The molecule has 78 valence electrons. The van der Waals surface area contributed by atoms with Gasteiger partial charge >= 0.3 is 0 Å². The largest absolute Gasteiger partial charge is 0.246 e. The van der Waals surface area contributed by atoms with Crippen LogP contribution in [0.2, 0.25) is 0 Å². The van der Waals surface area contributed by atoms with E-state index in [2.05, 4.69) is 20.3 Å². The fourth-order valence-corrected chi connectivity index (χ4v) is 2.67. The zero-order valence-electron chi connectivity index (χ0n) is 8.60. The second kappa shape index (κ2) is 4.72. The van der Waals surface area contributed by atoms with Gasteiger partial charge in [0.1, 0.15) is 6.33 Å². The van der Waals surface area contributed by atoms with Crippen LogP contribution in [-0.2, 0) is 5.75 Å². The molecule has 0 aromatic carbocycles. The molecular formula is C10H11N3S2. The van der Waals surface area contributed by atoms with Gasteiger partial charge in [-0.2, -0.15) is 0 Å². The van der Waals surface area contributed by atoms with Crippen molar-refractivity contribution in [3.05, 3.63) is 34.2 Å². The van der Waals surface area contributed by atoms with Crippen molar-refractivity contribution >= 4 is 23.1 Å². The number of nitrogens with zero attached hydrogens (tertiary/aromatic N) is 3. The van der Waals surface area contributed by atoms with Gasteiger partial charge in [-0.25, -0.2) is 15.0 Å². The number of hydrogen-bond acceptors (Lipinski definition) is 5. The monoisotopic (exact) mass is 237 g/mol. The summed E-state index contributed by atoms with van der Waals surface area (Å²) in [6.45, 7) is 3.99. The van der Waals surface area contributed by atoms with E-state index in [1.807, 2.05) is 19.9 Å². The third kappa shape index (κ3) is 3.00. The Morgan fingerprint density at radius 3 is 2.87 bits per heavy atom. The first-order chi connectivity index (χ1) is 7.24. The highest BCUT2D eigenvalue weighted by molar-refractivity contribution is 7.98. The quantitative estimate of drug-likeness (QED) is 0.608. The van der Waals surface area contributed by atoms with Crippen LogP contribution in [0.25, 0.3) is 0 Å². The van der Waals surface area contributed by atoms with Crippen LogP contribution in [-0.4, -0.2) is 15.0 Å². The Hall–Kier alpha value is -0.940. The molecule has 0 atom stereocenters. The summed E-state index contributed by atoms with van der Waals surface area (Å²) in [7, 11) is 0. The molecule has 0 saturated carbocycles. The Kier molecular flexibility index (Phi) is 3.33. The van der Waals surface area contributed by atoms with E-state index < -0.39 is 0 Å². The molecule has 0 fully saturated rings. The van der Waals surface area contributed by atoms with E-state index in [-0.39, 0.29) is 0 Å². The van der Waals surface area contributed by atoms with Gasteiger partial charge in [0.25, 0.3) is 0 Å². The van der Waals surface area contributed by atoms with Crippen molar-refractivity contribution in [3.8, 4) is 0 Å². The zero-order valence-corrected chi connectivity index (χ0v) is 10.2. The summed E-state index contributed by atoms with van der Waals surface area (Å²) in [5, 5.41) is 4.22. The molecule has 0 aliphatic rings. The molecule has 0 aliphatic heterocycles. The molecular weight excluding hydrogens is 226 g/mol. The Balaban J connectivity index is 1.99. The van der Waals surface area contributed by atoms with Gasteiger partial charge in [-0.3, -0.25) is 0 Å². The molecule has 2 rings (SSSR count). The van der Waals surface area contributed by atoms with Gasteiger partial charge in [-0.15, -0.1) is 11.3 Å². The van der Waals surface area contributed by atoms with Crippen LogP contribution in [0.15, 0.2) is 22.8 Å². The van der Waals surface area contributed by atoms with Crippen LogP contribution in [0.5, 0.6) is 0 Å². The van der Waals surface area contributed by atoms with E-state index in [1.54, 1.807) is 29.4 Å². The molecule has 0 amide bonds. The fourth-order valence-electron chi connectivity index (χ4n) is 1.13. The normalized spacial score (nSPS) is 10.5. The van der Waals surface area contributed by atoms with E-state index in [0.717, 1.165) is 27.2 Å². The summed E-state index contributed by atoms with van der Waals surface area (Å²) in [6, 6.07) is 1.99. The van der Waals surface area contributed by atoms with Crippen molar-refractivity contribution in [2.24, 2.45) is 0 Å². The van der Waals surface area contributed by atoms with E-state index in [1.165, 1.54) is 0 Å². The van der Waals surface area contributed by atoms with Gasteiger partial charge in [0.2, 0.25) is 0 Å². The highest BCUT2D eigenvalue weighted by Crippen LogP contribution is 2.21. The first-order valence-corrected chi connectivity index (χ1v) is 6.43. The molecule has 2 aromatic rings. The van der Waals surface area contributed by atoms with Gasteiger partial charge in [0.05, 0.1) is 15.7 Å². The second-order valence-corrected chi connectivity index (χ2v) is 5.20. The fraction of sp³-hybridized carbons (Fsp3) is 0.300. The molecule has 0 bridgehead atoms. The Morgan fingerprint density at radius 2 is 2.20 bits per heavy atom. The van der Waals surface area contributed by atoms with Gasteiger partial charge in [0, 0.05) is 16.8 Å². The van der Waals surface area contributed by atoms with Crippen molar-refractivity contribution in [1.29, 1.82) is 0 Å². The minimum Gasteiger partial charge on any atom is -0.246 e.